The van der Waals surface area contributed by atoms with Gasteiger partial charge in [-0.25, -0.2) is 4.39 Å². The Morgan fingerprint density at radius 1 is 1.04 bits per heavy atom. The smallest absolute Gasteiger partial charge is 0.406 e. The molecule has 1 aliphatic heterocycles. The summed E-state index contributed by atoms with van der Waals surface area (Å²) in [4.78, 5) is 35.5. The van der Waals surface area contributed by atoms with Crippen molar-refractivity contribution in [1.29, 1.82) is 0 Å². The first-order valence-electron chi connectivity index (χ1n) is 6.55. The summed E-state index contributed by atoms with van der Waals surface area (Å²) in [7, 11) is 0. The van der Waals surface area contributed by atoms with Crippen molar-refractivity contribution in [3.8, 4) is 11.4 Å². The Morgan fingerprint density at radius 2 is 1.72 bits per heavy atom. The zero-order valence-corrected chi connectivity index (χ0v) is 12.0. The Labute approximate surface area is 135 Å². The van der Waals surface area contributed by atoms with Crippen LogP contribution in [0.3, 0.4) is 0 Å². The molecular weight excluding hydrogens is 350 g/mol. The van der Waals surface area contributed by atoms with Crippen LogP contribution in [-0.2, 0) is 0 Å². The molecule has 2 amide bonds. The van der Waals surface area contributed by atoms with E-state index in [-0.39, 0.29) is 11.1 Å². The lowest BCUT2D eigenvalue weighted by Crippen LogP contribution is -2.24. The van der Waals surface area contributed by atoms with E-state index in [0.717, 1.165) is 18.2 Å². The van der Waals surface area contributed by atoms with E-state index in [2.05, 4.69) is 4.74 Å². The molecule has 130 valence electrons. The van der Waals surface area contributed by atoms with Crippen LogP contribution in [0.2, 0.25) is 0 Å². The molecule has 0 unspecified atom stereocenters. The van der Waals surface area contributed by atoms with Crippen molar-refractivity contribution in [1.82, 2.24) is 9.88 Å². The number of aromatic nitrogens is 1. The minimum atomic E-state index is -5.08. The normalized spacial score (nSPS) is 13.6. The fourth-order valence-corrected chi connectivity index (χ4v) is 2.42. The van der Waals surface area contributed by atoms with Gasteiger partial charge in [0.1, 0.15) is 17.4 Å². The number of nitrogens with zero attached hydrogens (tertiary/aromatic N) is 1. The summed E-state index contributed by atoms with van der Waals surface area (Å²) in [6.07, 6.45) is -5.08. The van der Waals surface area contributed by atoms with Gasteiger partial charge in [0, 0.05) is 18.2 Å². The first-order chi connectivity index (χ1) is 11.6. The maximum absolute atomic E-state index is 13.6. The van der Waals surface area contributed by atoms with Gasteiger partial charge in [0.25, 0.3) is 17.4 Å². The number of halogens is 4. The topological polar surface area (TPSA) is 103 Å². The van der Waals surface area contributed by atoms with Crippen molar-refractivity contribution < 1.29 is 31.9 Å². The summed E-state index contributed by atoms with van der Waals surface area (Å²) in [5.41, 5.74) is 3.77. The molecule has 0 fully saturated rings. The number of imide groups is 1. The second-order valence-corrected chi connectivity index (χ2v) is 4.97. The molecule has 0 atom stereocenters. The third kappa shape index (κ3) is 2.91. The van der Waals surface area contributed by atoms with Crippen LogP contribution in [0, 0.1) is 5.82 Å². The first-order valence-corrected chi connectivity index (χ1v) is 6.55. The summed E-state index contributed by atoms with van der Waals surface area (Å²) in [6.45, 7) is 0. The van der Waals surface area contributed by atoms with E-state index in [9.17, 15) is 31.9 Å². The predicted octanol–water partition coefficient (Wildman–Crippen LogP) is 1.34. The Kier molecular flexibility index (Phi) is 3.51. The summed E-state index contributed by atoms with van der Waals surface area (Å²) < 4.78 is 54.8. The zero-order chi connectivity index (χ0) is 18.5. The highest BCUT2D eigenvalue weighted by molar-refractivity contribution is 6.23. The van der Waals surface area contributed by atoms with E-state index in [1.54, 1.807) is 0 Å². The molecule has 2 aromatic rings. The number of alkyl halides is 3. The number of amides is 2. The van der Waals surface area contributed by atoms with Crippen LogP contribution in [0.5, 0.6) is 5.75 Å². The van der Waals surface area contributed by atoms with Gasteiger partial charge in [0.05, 0.1) is 16.8 Å². The number of anilines is 1. The van der Waals surface area contributed by atoms with Gasteiger partial charge in [-0.1, -0.05) is 0 Å². The van der Waals surface area contributed by atoms with Crippen LogP contribution in [0.25, 0.3) is 5.69 Å². The van der Waals surface area contributed by atoms with Crippen LogP contribution in [0.1, 0.15) is 20.7 Å². The highest BCUT2D eigenvalue weighted by Gasteiger charge is 2.33. The van der Waals surface area contributed by atoms with Crippen LogP contribution in [0.15, 0.2) is 29.1 Å². The number of carbonyl (C=O) groups is 2. The lowest BCUT2D eigenvalue weighted by Gasteiger charge is -2.14. The molecule has 0 saturated carbocycles. The maximum Gasteiger partial charge on any atom is 0.573 e. The second kappa shape index (κ2) is 5.33. The summed E-state index contributed by atoms with van der Waals surface area (Å²) >= 11 is 0. The molecule has 0 aliphatic carbocycles. The zero-order valence-electron chi connectivity index (χ0n) is 12.0. The van der Waals surface area contributed by atoms with E-state index in [1.807, 2.05) is 5.32 Å². The number of fused-ring (bicyclic) bond motifs is 1. The number of pyridine rings is 1. The molecule has 0 bridgehead atoms. The van der Waals surface area contributed by atoms with Gasteiger partial charge in [-0.05, 0) is 6.07 Å². The van der Waals surface area contributed by atoms with Crippen molar-refractivity contribution >= 4 is 17.6 Å². The van der Waals surface area contributed by atoms with Gasteiger partial charge in [-0.3, -0.25) is 24.3 Å². The summed E-state index contributed by atoms with van der Waals surface area (Å²) in [5, 5.41) is 1.93. The number of hydrogen-bond acceptors (Lipinski definition) is 5. The number of nitrogens with one attached hydrogen (secondary N) is 1. The van der Waals surface area contributed by atoms with Gasteiger partial charge in [-0.2, -0.15) is 0 Å². The molecule has 0 radical (unpaired) electrons. The highest BCUT2D eigenvalue weighted by Crippen LogP contribution is 2.28. The van der Waals surface area contributed by atoms with Crippen LogP contribution >= 0.6 is 0 Å². The molecule has 0 saturated heterocycles. The Bertz CT molecular complexity index is 981. The van der Waals surface area contributed by atoms with E-state index < -0.39 is 46.8 Å². The molecule has 3 rings (SSSR count). The lowest BCUT2D eigenvalue weighted by molar-refractivity contribution is -0.274. The number of benzene rings is 1. The predicted molar refractivity (Wildman–Crippen MR) is 74.9 cm³/mol. The number of nitrogens with two attached hydrogens (primary N) is 1. The van der Waals surface area contributed by atoms with E-state index in [4.69, 9.17) is 5.73 Å². The summed E-state index contributed by atoms with van der Waals surface area (Å²) in [6, 6.07) is 2.68. The number of rotatable bonds is 2. The van der Waals surface area contributed by atoms with Gasteiger partial charge in [-0.15, -0.1) is 13.2 Å². The third-order valence-corrected chi connectivity index (χ3v) is 3.30. The largest absolute Gasteiger partial charge is 0.573 e. The fourth-order valence-electron chi connectivity index (χ4n) is 2.42. The second-order valence-electron chi connectivity index (χ2n) is 4.97. The Hall–Kier alpha value is -3.37. The molecular formula is C14H7F4N3O4. The average Bonchev–Trinajstić information content (AvgIpc) is 2.71. The van der Waals surface area contributed by atoms with Crippen LogP contribution in [0.4, 0.5) is 23.4 Å². The Morgan fingerprint density at radius 3 is 2.36 bits per heavy atom. The molecule has 25 heavy (non-hydrogen) atoms. The summed E-state index contributed by atoms with van der Waals surface area (Å²) in [5.74, 6) is -4.29. The molecule has 1 aliphatic rings. The minimum Gasteiger partial charge on any atom is -0.406 e. The Balaban J connectivity index is 2.22. The van der Waals surface area contributed by atoms with Gasteiger partial charge < -0.3 is 10.5 Å². The van der Waals surface area contributed by atoms with E-state index in [1.165, 1.54) is 0 Å². The van der Waals surface area contributed by atoms with Crippen molar-refractivity contribution in [2.45, 2.75) is 6.36 Å². The maximum atomic E-state index is 13.6. The molecule has 3 N–H and O–H groups in total. The SMILES string of the molecule is Nc1c2c(cc(=O)n1-c1cc(F)cc(OC(F)(F)F)c1)C(=O)NC2=O. The van der Waals surface area contributed by atoms with Crippen molar-refractivity contribution in [2.75, 3.05) is 5.73 Å². The quantitative estimate of drug-likeness (QED) is 0.624. The molecule has 2 heterocycles. The minimum absolute atomic E-state index is 0.271. The number of carbonyl (C=O) groups excluding carboxylic acids is 2. The van der Waals surface area contributed by atoms with Crippen LogP contribution in [-0.4, -0.2) is 22.7 Å². The van der Waals surface area contributed by atoms with Crippen LogP contribution < -0.4 is 21.3 Å². The number of hydrogen-bond donors (Lipinski definition) is 2. The molecule has 1 aromatic heterocycles. The highest BCUT2D eigenvalue weighted by atomic mass is 19.4. The fraction of sp³-hybridized carbons (Fsp3) is 0.0714. The lowest BCUT2D eigenvalue weighted by atomic mass is 10.1. The van der Waals surface area contributed by atoms with Gasteiger partial charge >= 0.3 is 6.36 Å². The molecule has 0 spiro atoms. The molecule has 7 nitrogen and oxygen atoms in total. The first kappa shape index (κ1) is 16.5. The van der Waals surface area contributed by atoms with E-state index >= 15 is 0 Å². The molecule has 1 aromatic carbocycles. The molecule has 11 heteroatoms. The third-order valence-electron chi connectivity index (χ3n) is 3.30. The van der Waals surface area contributed by atoms with Crippen molar-refractivity contribution in [2.24, 2.45) is 0 Å². The van der Waals surface area contributed by atoms with Crippen molar-refractivity contribution in [3.05, 3.63) is 51.6 Å². The van der Waals surface area contributed by atoms with E-state index in [0.29, 0.717) is 10.6 Å². The van der Waals surface area contributed by atoms with Gasteiger partial charge in [0.2, 0.25) is 0 Å². The number of nitrogen functional groups attached to an aromatic ring is 1. The van der Waals surface area contributed by atoms with Gasteiger partial charge in [0.15, 0.2) is 0 Å². The number of ether oxygens (including phenoxy) is 1. The monoisotopic (exact) mass is 357 g/mol. The standard InChI is InChI=1S/C14H7F4N3O4/c15-5-1-6(3-7(2-5)25-14(16,17)18)21-9(22)4-8-10(11(21)19)13(24)20-12(8)23/h1-4H,19H2,(H,20,23,24). The van der Waals surface area contributed by atoms with Crippen molar-refractivity contribution in [3.63, 3.8) is 0 Å². The average molecular weight is 357 g/mol.